The van der Waals surface area contributed by atoms with Gasteiger partial charge in [0.05, 0.1) is 6.42 Å². The summed E-state index contributed by atoms with van der Waals surface area (Å²) >= 11 is 0. The Morgan fingerprint density at radius 3 is 2.42 bits per heavy atom. The van der Waals surface area contributed by atoms with E-state index in [4.69, 9.17) is 5.11 Å². The van der Waals surface area contributed by atoms with E-state index in [1.807, 2.05) is 31.2 Å². The quantitative estimate of drug-likeness (QED) is 0.856. The molecule has 1 aromatic rings. The number of aliphatic carboxylic acids is 1. The van der Waals surface area contributed by atoms with Gasteiger partial charge >= 0.3 is 5.97 Å². The first-order chi connectivity index (χ1) is 9.06. The molecule has 1 aliphatic carbocycles. The van der Waals surface area contributed by atoms with Crippen molar-refractivity contribution in [1.82, 2.24) is 0 Å². The van der Waals surface area contributed by atoms with Gasteiger partial charge in [0.1, 0.15) is 0 Å². The van der Waals surface area contributed by atoms with Gasteiger partial charge in [0, 0.05) is 18.7 Å². The fourth-order valence-corrected chi connectivity index (χ4v) is 2.01. The number of amides is 1. The van der Waals surface area contributed by atoms with Crippen molar-refractivity contribution in [2.75, 3.05) is 11.4 Å². The van der Waals surface area contributed by atoms with E-state index in [0.717, 1.165) is 24.1 Å². The summed E-state index contributed by atoms with van der Waals surface area (Å²) in [7, 11) is 0. The summed E-state index contributed by atoms with van der Waals surface area (Å²) in [6, 6.07) is 7.63. The summed E-state index contributed by atoms with van der Waals surface area (Å²) in [5.74, 6) is -0.339. The Hall–Kier alpha value is -1.84. The highest BCUT2D eigenvalue weighted by atomic mass is 16.4. The van der Waals surface area contributed by atoms with E-state index in [1.54, 1.807) is 4.90 Å². The molecule has 0 aliphatic heterocycles. The van der Waals surface area contributed by atoms with Crippen LogP contribution in [-0.4, -0.2) is 23.5 Å². The number of hydrogen-bond acceptors (Lipinski definition) is 2. The topological polar surface area (TPSA) is 57.6 Å². The molecule has 0 radical (unpaired) electrons. The highest BCUT2D eigenvalue weighted by molar-refractivity contribution is 5.94. The maximum atomic E-state index is 12.2. The van der Waals surface area contributed by atoms with E-state index in [-0.39, 0.29) is 18.9 Å². The van der Waals surface area contributed by atoms with Gasteiger partial charge < -0.3 is 10.0 Å². The highest BCUT2D eigenvalue weighted by Gasteiger charge is 2.27. The molecule has 4 heteroatoms. The predicted molar refractivity (Wildman–Crippen MR) is 73.1 cm³/mol. The van der Waals surface area contributed by atoms with Crippen molar-refractivity contribution in [2.45, 2.75) is 32.6 Å². The van der Waals surface area contributed by atoms with E-state index < -0.39 is 5.97 Å². The first-order valence-electron chi connectivity index (χ1n) is 6.65. The second kappa shape index (κ2) is 5.87. The Bertz CT molecular complexity index is 463. The first-order valence-corrected chi connectivity index (χ1v) is 6.65. The molecule has 0 unspecified atom stereocenters. The van der Waals surface area contributed by atoms with Crippen molar-refractivity contribution in [3.05, 3.63) is 29.8 Å². The van der Waals surface area contributed by atoms with Crippen LogP contribution in [0.15, 0.2) is 24.3 Å². The minimum atomic E-state index is -0.878. The molecular weight excluding hydrogens is 242 g/mol. The van der Waals surface area contributed by atoms with Crippen LogP contribution < -0.4 is 4.90 Å². The molecular formula is C15H19NO3. The summed E-state index contributed by atoms with van der Waals surface area (Å²) in [6.45, 7) is 2.22. The zero-order chi connectivity index (χ0) is 13.8. The van der Waals surface area contributed by atoms with E-state index in [9.17, 15) is 9.59 Å². The van der Waals surface area contributed by atoms with Crippen LogP contribution in [0, 0.1) is 12.8 Å². The SMILES string of the molecule is Cc1ccc(N(CCC(=O)O)C(=O)CC2CC2)cc1. The second-order valence-corrected chi connectivity index (χ2v) is 5.17. The summed E-state index contributed by atoms with van der Waals surface area (Å²) < 4.78 is 0. The average Bonchev–Trinajstić information content (AvgIpc) is 3.15. The fraction of sp³-hybridized carbons (Fsp3) is 0.467. The summed E-state index contributed by atoms with van der Waals surface area (Å²) in [5.41, 5.74) is 1.91. The van der Waals surface area contributed by atoms with Crippen LogP contribution in [0.5, 0.6) is 0 Å². The number of rotatable bonds is 6. The Balaban J connectivity index is 2.09. The van der Waals surface area contributed by atoms with Crippen LogP contribution >= 0.6 is 0 Å². The normalized spacial score (nSPS) is 14.2. The standard InChI is InChI=1S/C15H19NO3/c1-11-2-6-13(7-3-11)16(9-8-15(18)19)14(17)10-12-4-5-12/h2-3,6-7,12H,4-5,8-10H2,1H3,(H,18,19). The Labute approximate surface area is 113 Å². The highest BCUT2D eigenvalue weighted by Crippen LogP contribution is 2.33. The van der Waals surface area contributed by atoms with Gasteiger partial charge in [-0.15, -0.1) is 0 Å². The van der Waals surface area contributed by atoms with Gasteiger partial charge in [-0.1, -0.05) is 17.7 Å². The summed E-state index contributed by atoms with van der Waals surface area (Å²) in [5, 5.41) is 8.79. The second-order valence-electron chi connectivity index (χ2n) is 5.17. The van der Waals surface area contributed by atoms with Crippen molar-refractivity contribution in [3.8, 4) is 0 Å². The Morgan fingerprint density at radius 1 is 1.26 bits per heavy atom. The lowest BCUT2D eigenvalue weighted by atomic mass is 10.2. The molecule has 0 saturated heterocycles. The van der Waals surface area contributed by atoms with Crippen LogP contribution in [0.2, 0.25) is 0 Å². The lowest BCUT2D eigenvalue weighted by Crippen LogP contribution is -2.33. The molecule has 1 fully saturated rings. The molecule has 0 heterocycles. The molecule has 1 amide bonds. The number of aryl methyl sites for hydroxylation is 1. The van der Waals surface area contributed by atoms with Gasteiger partial charge in [-0.3, -0.25) is 9.59 Å². The molecule has 1 aliphatic rings. The van der Waals surface area contributed by atoms with Gasteiger partial charge in [-0.2, -0.15) is 0 Å². The van der Waals surface area contributed by atoms with E-state index in [0.29, 0.717) is 12.3 Å². The number of carboxylic acid groups (broad SMARTS) is 1. The van der Waals surface area contributed by atoms with Crippen LogP contribution in [-0.2, 0) is 9.59 Å². The minimum Gasteiger partial charge on any atom is -0.481 e. The number of benzene rings is 1. The molecule has 1 aromatic carbocycles. The van der Waals surface area contributed by atoms with Crippen LogP contribution in [0.3, 0.4) is 0 Å². The van der Waals surface area contributed by atoms with Crippen LogP contribution in [0.1, 0.15) is 31.2 Å². The number of hydrogen-bond donors (Lipinski definition) is 1. The van der Waals surface area contributed by atoms with E-state index in [2.05, 4.69) is 0 Å². The smallest absolute Gasteiger partial charge is 0.305 e. The largest absolute Gasteiger partial charge is 0.481 e. The van der Waals surface area contributed by atoms with Crippen molar-refractivity contribution in [2.24, 2.45) is 5.92 Å². The lowest BCUT2D eigenvalue weighted by molar-refractivity contribution is -0.136. The molecule has 0 atom stereocenters. The number of carbonyl (C=O) groups is 2. The maximum Gasteiger partial charge on any atom is 0.305 e. The fourth-order valence-electron chi connectivity index (χ4n) is 2.01. The third kappa shape index (κ3) is 4.09. The monoisotopic (exact) mass is 261 g/mol. The summed E-state index contributed by atoms with van der Waals surface area (Å²) in [4.78, 5) is 24.5. The zero-order valence-electron chi connectivity index (χ0n) is 11.1. The van der Waals surface area contributed by atoms with Gasteiger partial charge in [0.2, 0.25) is 5.91 Å². The number of anilines is 1. The molecule has 0 aromatic heterocycles. The van der Waals surface area contributed by atoms with Gasteiger partial charge in [0.25, 0.3) is 0 Å². The molecule has 2 rings (SSSR count). The third-order valence-electron chi connectivity index (χ3n) is 3.36. The Morgan fingerprint density at radius 2 is 1.89 bits per heavy atom. The first kappa shape index (κ1) is 13.6. The number of carboxylic acids is 1. The molecule has 0 bridgehead atoms. The van der Waals surface area contributed by atoms with Gasteiger partial charge in [0.15, 0.2) is 0 Å². The predicted octanol–water partition coefficient (Wildman–Crippen LogP) is 2.60. The molecule has 1 saturated carbocycles. The van der Waals surface area contributed by atoms with E-state index >= 15 is 0 Å². The van der Waals surface area contributed by atoms with Gasteiger partial charge in [-0.05, 0) is 37.8 Å². The zero-order valence-corrected chi connectivity index (χ0v) is 11.1. The number of carbonyl (C=O) groups excluding carboxylic acids is 1. The van der Waals surface area contributed by atoms with E-state index in [1.165, 1.54) is 0 Å². The van der Waals surface area contributed by atoms with Crippen molar-refractivity contribution >= 4 is 17.6 Å². The summed E-state index contributed by atoms with van der Waals surface area (Å²) in [6.07, 6.45) is 2.75. The molecule has 4 nitrogen and oxygen atoms in total. The van der Waals surface area contributed by atoms with Crippen LogP contribution in [0.4, 0.5) is 5.69 Å². The third-order valence-corrected chi connectivity index (χ3v) is 3.36. The molecule has 0 spiro atoms. The van der Waals surface area contributed by atoms with Crippen molar-refractivity contribution in [1.29, 1.82) is 0 Å². The Kier molecular flexibility index (Phi) is 4.20. The van der Waals surface area contributed by atoms with Gasteiger partial charge in [-0.25, -0.2) is 0 Å². The lowest BCUT2D eigenvalue weighted by Gasteiger charge is -2.22. The average molecular weight is 261 g/mol. The molecule has 1 N–H and O–H groups in total. The minimum absolute atomic E-state index is 0.0235. The molecule has 19 heavy (non-hydrogen) atoms. The maximum absolute atomic E-state index is 12.2. The molecule has 102 valence electrons. The van der Waals surface area contributed by atoms with Crippen LogP contribution in [0.25, 0.3) is 0 Å². The number of nitrogens with zero attached hydrogens (tertiary/aromatic N) is 1. The van der Waals surface area contributed by atoms with Crippen molar-refractivity contribution in [3.63, 3.8) is 0 Å². The van der Waals surface area contributed by atoms with Crippen molar-refractivity contribution < 1.29 is 14.7 Å².